The van der Waals surface area contributed by atoms with E-state index >= 15 is 0 Å². The van der Waals surface area contributed by atoms with E-state index in [1.165, 1.54) is 13.0 Å². The van der Waals surface area contributed by atoms with E-state index in [9.17, 15) is 0 Å². The molecule has 3 aliphatic rings. The molecule has 3 fully saturated rings. The fourth-order valence-corrected chi connectivity index (χ4v) is 3.56. The number of guanidine groups is 1. The molecule has 0 bridgehead atoms. The normalized spacial score (nSPS) is 28.7. The molecular formula is C17H32N4O2. The second-order valence-electron chi connectivity index (χ2n) is 7.49. The Morgan fingerprint density at radius 2 is 2.00 bits per heavy atom. The zero-order chi connectivity index (χ0) is 16.1. The SMILES string of the molecule is CCNC(=NCC1(C)COC1)N1CCC(CN2CCOCC2)C1. The fourth-order valence-electron chi connectivity index (χ4n) is 3.56. The van der Waals surface area contributed by atoms with Gasteiger partial charge in [-0.25, -0.2) is 0 Å². The maximum absolute atomic E-state index is 5.44. The summed E-state index contributed by atoms with van der Waals surface area (Å²) >= 11 is 0. The van der Waals surface area contributed by atoms with E-state index in [0.717, 1.165) is 77.6 Å². The molecule has 0 aliphatic carbocycles. The summed E-state index contributed by atoms with van der Waals surface area (Å²) in [5, 5.41) is 3.47. The summed E-state index contributed by atoms with van der Waals surface area (Å²) in [5.74, 6) is 1.84. The summed E-state index contributed by atoms with van der Waals surface area (Å²) in [4.78, 5) is 9.88. The van der Waals surface area contributed by atoms with Crippen LogP contribution in [-0.4, -0.2) is 88.0 Å². The Labute approximate surface area is 140 Å². The first-order chi connectivity index (χ1) is 11.2. The van der Waals surface area contributed by atoms with Crippen LogP contribution < -0.4 is 5.32 Å². The predicted molar refractivity (Wildman–Crippen MR) is 91.8 cm³/mol. The van der Waals surface area contributed by atoms with E-state index in [4.69, 9.17) is 14.5 Å². The van der Waals surface area contributed by atoms with Crippen molar-refractivity contribution in [2.75, 3.05) is 72.2 Å². The van der Waals surface area contributed by atoms with Gasteiger partial charge in [0.2, 0.25) is 0 Å². The highest BCUT2D eigenvalue weighted by atomic mass is 16.5. The number of rotatable bonds is 5. The zero-order valence-corrected chi connectivity index (χ0v) is 14.7. The molecule has 23 heavy (non-hydrogen) atoms. The molecule has 3 saturated heterocycles. The lowest BCUT2D eigenvalue weighted by Crippen LogP contribution is -2.45. The molecule has 3 aliphatic heterocycles. The van der Waals surface area contributed by atoms with Crippen molar-refractivity contribution >= 4 is 5.96 Å². The molecule has 6 nitrogen and oxygen atoms in total. The number of hydrogen-bond acceptors (Lipinski definition) is 4. The molecule has 0 amide bonds. The molecule has 1 N–H and O–H groups in total. The third-order valence-electron chi connectivity index (χ3n) is 5.05. The molecular weight excluding hydrogens is 292 g/mol. The second-order valence-corrected chi connectivity index (χ2v) is 7.49. The Kier molecular flexibility index (Phi) is 5.77. The molecule has 1 atom stereocenters. The van der Waals surface area contributed by atoms with Crippen LogP contribution in [0.1, 0.15) is 20.3 Å². The van der Waals surface area contributed by atoms with E-state index in [2.05, 4.69) is 29.0 Å². The highest BCUT2D eigenvalue weighted by molar-refractivity contribution is 5.80. The topological polar surface area (TPSA) is 49.3 Å². The van der Waals surface area contributed by atoms with Gasteiger partial charge in [-0.3, -0.25) is 9.89 Å². The first kappa shape index (κ1) is 17.0. The van der Waals surface area contributed by atoms with Crippen molar-refractivity contribution < 1.29 is 9.47 Å². The average molecular weight is 324 g/mol. The number of nitrogens with one attached hydrogen (secondary N) is 1. The Morgan fingerprint density at radius 1 is 1.22 bits per heavy atom. The van der Waals surface area contributed by atoms with E-state index < -0.39 is 0 Å². The van der Waals surface area contributed by atoms with Crippen molar-refractivity contribution in [1.29, 1.82) is 0 Å². The smallest absolute Gasteiger partial charge is 0.193 e. The molecule has 1 unspecified atom stereocenters. The Balaban J connectivity index is 1.50. The maximum Gasteiger partial charge on any atom is 0.193 e. The Bertz CT molecular complexity index is 405. The number of nitrogens with zero attached hydrogens (tertiary/aromatic N) is 3. The highest BCUT2D eigenvalue weighted by Gasteiger charge is 2.34. The molecule has 0 aromatic rings. The van der Waals surface area contributed by atoms with Gasteiger partial charge in [-0.15, -0.1) is 0 Å². The lowest BCUT2D eigenvalue weighted by Gasteiger charge is -2.37. The van der Waals surface area contributed by atoms with E-state index in [1.54, 1.807) is 0 Å². The van der Waals surface area contributed by atoms with Gasteiger partial charge in [0.15, 0.2) is 5.96 Å². The lowest BCUT2D eigenvalue weighted by molar-refractivity contribution is -0.0945. The molecule has 0 radical (unpaired) electrons. The van der Waals surface area contributed by atoms with Gasteiger partial charge in [0, 0.05) is 44.7 Å². The standard InChI is InChI=1S/C17H32N4O2/c1-3-18-16(19-12-17(2)13-23-14-17)21-5-4-15(11-21)10-20-6-8-22-9-7-20/h15H,3-14H2,1-2H3,(H,18,19). The average Bonchev–Trinajstić information content (AvgIpc) is 2.99. The van der Waals surface area contributed by atoms with Crippen LogP contribution in [0.25, 0.3) is 0 Å². The van der Waals surface area contributed by atoms with Gasteiger partial charge in [-0.05, 0) is 19.3 Å². The molecule has 0 saturated carbocycles. The van der Waals surface area contributed by atoms with Crippen LogP contribution in [0.15, 0.2) is 4.99 Å². The van der Waals surface area contributed by atoms with Gasteiger partial charge >= 0.3 is 0 Å². The highest BCUT2D eigenvalue weighted by Crippen LogP contribution is 2.27. The van der Waals surface area contributed by atoms with Crippen molar-refractivity contribution in [2.45, 2.75) is 20.3 Å². The number of morpholine rings is 1. The van der Waals surface area contributed by atoms with Gasteiger partial charge in [-0.1, -0.05) is 6.92 Å². The monoisotopic (exact) mass is 324 g/mol. The third-order valence-corrected chi connectivity index (χ3v) is 5.05. The van der Waals surface area contributed by atoms with Gasteiger partial charge < -0.3 is 19.7 Å². The number of hydrogen-bond donors (Lipinski definition) is 1. The maximum atomic E-state index is 5.44. The minimum Gasteiger partial charge on any atom is -0.380 e. The fraction of sp³-hybridized carbons (Fsp3) is 0.941. The van der Waals surface area contributed by atoms with Gasteiger partial charge in [0.25, 0.3) is 0 Å². The van der Waals surface area contributed by atoms with E-state index in [1.807, 2.05) is 0 Å². The van der Waals surface area contributed by atoms with Gasteiger partial charge in [-0.2, -0.15) is 0 Å². The minimum absolute atomic E-state index is 0.244. The van der Waals surface area contributed by atoms with Crippen molar-refractivity contribution in [3.05, 3.63) is 0 Å². The summed E-state index contributed by atoms with van der Waals surface area (Å²) in [6, 6.07) is 0. The lowest BCUT2D eigenvalue weighted by atomic mass is 9.89. The molecule has 0 aromatic heterocycles. The molecule has 3 rings (SSSR count). The Hall–Kier alpha value is -0.850. The van der Waals surface area contributed by atoms with Crippen molar-refractivity contribution in [2.24, 2.45) is 16.3 Å². The van der Waals surface area contributed by atoms with Crippen LogP contribution in [-0.2, 0) is 9.47 Å². The summed E-state index contributed by atoms with van der Waals surface area (Å²) in [6.45, 7) is 15.3. The molecule has 6 heteroatoms. The summed E-state index contributed by atoms with van der Waals surface area (Å²) in [5.41, 5.74) is 0.244. The van der Waals surface area contributed by atoms with E-state index in [0.29, 0.717) is 0 Å². The zero-order valence-electron chi connectivity index (χ0n) is 14.7. The number of aliphatic imine (C=N–C) groups is 1. The number of likely N-dealkylation sites (tertiary alicyclic amines) is 1. The largest absolute Gasteiger partial charge is 0.380 e. The van der Waals surface area contributed by atoms with Gasteiger partial charge in [0.05, 0.1) is 33.0 Å². The summed E-state index contributed by atoms with van der Waals surface area (Å²) < 4.78 is 10.8. The van der Waals surface area contributed by atoms with Crippen LogP contribution in [0, 0.1) is 11.3 Å². The van der Waals surface area contributed by atoms with Crippen LogP contribution >= 0.6 is 0 Å². The first-order valence-electron chi connectivity index (χ1n) is 9.10. The van der Waals surface area contributed by atoms with E-state index in [-0.39, 0.29) is 5.41 Å². The van der Waals surface area contributed by atoms with Gasteiger partial charge in [0.1, 0.15) is 0 Å². The van der Waals surface area contributed by atoms with Crippen LogP contribution in [0.2, 0.25) is 0 Å². The Morgan fingerprint density at radius 3 is 2.65 bits per heavy atom. The minimum atomic E-state index is 0.244. The molecule has 132 valence electrons. The molecule has 0 spiro atoms. The van der Waals surface area contributed by atoms with Crippen molar-refractivity contribution in [1.82, 2.24) is 15.1 Å². The number of ether oxygens (including phenoxy) is 2. The van der Waals surface area contributed by atoms with Crippen LogP contribution in [0.3, 0.4) is 0 Å². The molecule has 0 aromatic carbocycles. The predicted octanol–water partition coefficient (Wildman–Crippen LogP) is 0.643. The van der Waals surface area contributed by atoms with Crippen molar-refractivity contribution in [3.8, 4) is 0 Å². The third kappa shape index (κ3) is 4.58. The molecule has 3 heterocycles. The van der Waals surface area contributed by atoms with Crippen molar-refractivity contribution in [3.63, 3.8) is 0 Å². The van der Waals surface area contributed by atoms with Crippen LogP contribution in [0.4, 0.5) is 0 Å². The quantitative estimate of drug-likeness (QED) is 0.594. The summed E-state index contributed by atoms with van der Waals surface area (Å²) in [6.07, 6.45) is 1.27. The van der Waals surface area contributed by atoms with Crippen LogP contribution in [0.5, 0.6) is 0 Å². The first-order valence-corrected chi connectivity index (χ1v) is 9.10. The summed E-state index contributed by atoms with van der Waals surface area (Å²) in [7, 11) is 0. The second kappa shape index (κ2) is 7.81.